The third kappa shape index (κ3) is 5.19. The Balaban J connectivity index is 1.72. The van der Waals surface area contributed by atoms with E-state index in [2.05, 4.69) is 16.0 Å². The van der Waals surface area contributed by atoms with Crippen LogP contribution in [0.3, 0.4) is 0 Å². The van der Waals surface area contributed by atoms with E-state index in [0.717, 1.165) is 38.6 Å². The van der Waals surface area contributed by atoms with Crippen LogP contribution < -0.4 is 21.4 Å². The average molecular weight is 459 g/mol. The molecule has 0 radical (unpaired) electrons. The second kappa shape index (κ2) is 10.3. The third-order valence-electron chi connectivity index (χ3n) is 6.46. The number of aromatic nitrogens is 1. The van der Waals surface area contributed by atoms with E-state index < -0.39 is 23.1 Å². The number of hydrogen-bond donors (Lipinski definition) is 3. The first-order valence-corrected chi connectivity index (χ1v) is 11.8. The van der Waals surface area contributed by atoms with Gasteiger partial charge in [-0.1, -0.05) is 19.3 Å². The van der Waals surface area contributed by atoms with Crippen molar-refractivity contribution in [2.45, 2.75) is 57.5 Å². The number of nitrogens with zero attached hydrogens (tertiary/aromatic N) is 1. The Kier molecular flexibility index (Phi) is 7.27. The summed E-state index contributed by atoms with van der Waals surface area (Å²) in [7, 11) is 0. The lowest BCUT2D eigenvalue weighted by molar-refractivity contribution is -0.141. The van der Waals surface area contributed by atoms with Crippen molar-refractivity contribution in [3.05, 3.63) is 39.9 Å². The molecule has 2 aliphatic rings. The van der Waals surface area contributed by atoms with Crippen LogP contribution >= 0.6 is 0 Å². The molecule has 1 unspecified atom stereocenters. The van der Waals surface area contributed by atoms with Crippen molar-refractivity contribution in [1.82, 2.24) is 15.2 Å². The monoisotopic (exact) mass is 458 g/mol. The van der Waals surface area contributed by atoms with Gasteiger partial charge < -0.3 is 25.3 Å². The number of benzene rings is 1. The number of halogens is 1. The second-order valence-electron chi connectivity index (χ2n) is 8.74. The Hall–Kier alpha value is -2.94. The zero-order valence-electron chi connectivity index (χ0n) is 18.9. The van der Waals surface area contributed by atoms with Crippen LogP contribution in [0.4, 0.5) is 10.1 Å². The van der Waals surface area contributed by atoms with Gasteiger partial charge in [-0.3, -0.25) is 14.4 Å². The molecule has 3 N–H and O–H groups in total. The molecular weight excluding hydrogens is 427 g/mol. The smallest absolute Gasteiger partial charge is 0.325 e. The summed E-state index contributed by atoms with van der Waals surface area (Å²) >= 11 is 0. The number of esters is 1. The highest BCUT2D eigenvalue weighted by Gasteiger charge is 2.24. The van der Waals surface area contributed by atoms with E-state index in [1.54, 1.807) is 13.0 Å². The van der Waals surface area contributed by atoms with E-state index in [4.69, 9.17) is 4.74 Å². The predicted molar refractivity (Wildman–Crippen MR) is 124 cm³/mol. The molecule has 0 bridgehead atoms. The first-order chi connectivity index (χ1) is 16.0. The summed E-state index contributed by atoms with van der Waals surface area (Å²) in [6.45, 7) is 3.03. The minimum absolute atomic E-state index is 0.0256. The number of fused-ring (bicyclic) bond motifs is 1. The fourth-order valence-electron chi connectivity index (χ4n) is 4.75. The first kappa shape index (κ1) is 23.2. The second-order valence-corrected chi connectivity index (χ2v) is 8.74. The van der Waals surface area contributed by atoms with Crippen LogP contribution in [-0.2, 0) is 9.53 Å². The van der Waals surface area contributed by atoms with Crippen molar-refractivity contribution in [3.8, 4) is 0 Å². The maximum atomic E-state index is 15.1. The Morgan fingerprint density at radius 3 is 2.70 bits per heavy atom. The highest BCUT2D eigenvalue weighted by atomic mass is 19.1. The van der Waals surface area contributed by atoms with Crippen LogP contribution in [0, 0.1) is 5.82 Å². The van der Waals surface area contributed by atoms with Crippen molar-refractivity contribution in [3.63, 3.8) is 0 Å². The normalized spacial score (nSPS) is 18.9. The molecule has 2 fully saturated rings. The molecule has 178 valence electrons. The Morgan fingerprint density at radius 2 is 2.00 bits per heavy atom. The minimum Gasteiger partial charge on any atom is -0.465 e. The Morgan fingerprint density at radius 1 is 1.21 bits per heavy atom. The van der Waals surface area contributed by atoms with Gasteiger partial charge in [-0.2, -0.15) is 0 Å². The van der Waals surface area contributed by atoms with E-state index in [0.29, 0.717) is 17.7 Å². The fourth-order valence-corrected chi connectivity index (χ4v) is 4.75. The van der Waals surface area contributed by atoms with Crippen LogP contribution in [0.1, 0.15) is 61.8 Å². The van der Waals surface area contributed by atoms with Gasteiger partial charge >= 0.3 is 5.97 Å². The Bertz CT molecular complexity index is 1090. The van der Waals surface area contributed by atoms with Crippen LogP contribution in [0.5, 0.6) is 0 Å². The number of ether oxygens (including phenoxy) is 1. The van der Waals surface area contributed by atoms with Gasteiger partial charge in [0.05, 0.1) is 17.8 Å². The van der Waals surface area contributed by atoms with E-state index in [1.807, 2.05) is 4.57 Å². The van der Waals surface area contributed by atoms with Crippen molar-refractivity contribution < 1.29 is 18.7 Å². The van der Waals surface area contributed by atoms with Crippen LogP contribution in [-0.4, -0.2) is 48.7 Å². The summed E-state index contributed by atoms with van der Waals surface area (Å²) in [6, 6.07) is 3.16. The molecule has 1 aliphatic heterocycles. The molecule has 1 aromatic carbocycles. The highest BCUT2D eigenvalue weighted by molar-refractivity contribution is 5.99. The van der Waals surface area contributed by atoms with Gasteiger partial charge in [0, 0.05) is 30.2 Å². The molecule has 8 nitrogen and oxygen atoms in total. The molecule has 4 rings (SSSR count). The predicted octanol–water partition coefficient (Wildman–Crippen LogP) is 2.71. The number of rotatable bonds is 7. The van der Waals surface area contributed by atoms with Crippen molar-refractivity contribution in [2.24, 2.45) is 0 Å². The molecule has 9 heteroatoms. The third-order valence-corrected chi connectivity index (χ3v) is 6.46. The van der Waals surface area contributed by atoms with E-state index in [-0.39, 0.29) is 36.2 Å². The molecule has 1 aliphatic carbocycles. The molecule has 2 heterocycles. The van der Waals surface area contributed by atoms with E-state index in [9.17, 15) is 14.4 Å². The van der Waals surface area contributed by atoms with Gasteiger partial charge in [0.2, 0.25) is 5.43 Å². The summed E-state index contributed by atoms with van der Waals surface area (Å²) in [5, 5.41) is 9.21. The largest absolute Gasteiger partial charge is 0.465 e. The SMILES string of the molecule is CCOC(=O)CNC(=O)c1cn(C2CCNC2)c2cc(NC3CCCCC3)c(F)cc2c1=O. The van der Waals surface area contributed by atoms with Crippen LogP contribution in [0.15, 0.2) is 23.1 Å². The maximum Gasteiger partial charge on any atom is 0.325 e. The zero-order valence-corrected chi connectivity index (χ0v) is 18.9. The summed E-state index contributed by atoms with van der Waals surface area (Å²) < 4.78 is 21.8. The average Bonchev–Trinajstić information content (AvgIpc) is 3.34. The first-order valence-electron chi connectivity index (χ1n) is 11.8. The van der Waals surface area contributed by atoms with Gasteiger partial charge in [0.25, 0.3) is 5.91 Å². The summed E-state index contributed by atoms with van der Waals surface area (Å²) in [5.74, 6) is -1.78. The van der Waals surface area contributed by atoms with Crippen molar-refractivity contribution in [1.29, 1.82) is 0 Å². The van der Waals surface area contributed by atoms with Gasteiger partial charge in [-0.05, 0) is 44.9 Å². The highest BCUT2D eigenvalue weighted by Crippen LogP contribution is 2.29. The summed E-state index contributed by atoms with van der Waals surface area (Å²) in [4.78, 5) is 37.5. The molecule has 1 atom stereocenters. The topological polar surface area (TPSA) is 101 Å². The number of anilines is 1. The van der Waals surface area contributed by atoms with Crippen LogP contribution in [0.25, 0.3) is 10.9 Å². The summed E-state index contributed by atoms with van der Waals surface area (Å²) in [6.07, 6.45) is 7.79. The molecular formula is C24H31FN4O4. The van der Waals surface area contributed by atoms with Gasteiger partial charge in [-0.15, -0.1) is 0 Å². The number of pyridine rings is 1. The molecule has 0 spiro atoms. The molecule has 1 saturated carbocycles. The zero-order chi connectivity index (χ0) is 23.4. The minimum atomic E-state index is -0.681. The molecule has 1 amide bonds. The lowest BCUT2D eigenvalue weighted by Crippen LogP contribution is -2.34. The number of carbonyl (C=O) groups is 2. The van der Waals surface area contributed by atoms with Gasteiger partial charge in [-0.25, -0.2) is 4.39 Å². The summed E-state index contributed by atoms with van der Waals surface area (Å²) in [5.41, 5.74) is 0.297. The lowest BCUT2D eigenvalue weighted by atomic mass is 9.95. The molecule has 1 saturated heterocycles. The van der Waals surface area contributed by atoms with Crippen molar-refractivity contribution >= 4 is 28.5 Å². The van der Waals surface area contributed by atoms with E-state index >= 15 is 4.39 Å². The van der Waals surface area contributed by atoms with E-state index in [1.165, 1.54) is 18.7 Å². The molecule has 33 heavy (non-hydrogen) atoms. The number of hydrogen-bond acceptors (Lipinski definition) is 6. The van der Waals surface area contributed by atoms with Crippen molar-refractivity contribution in [2.75, 3.05) is 31.6 Å². The number of nitrogens with one attached hydrogen (secondary N) is 3. The number of carbonyl (C=O) groups excluding carboxylic acids is 2. The standard InChI is InChI=1S/C24H31FN4O4/c1-2-33-22(30)13-27-24(32)18-14-29(16-8-9-26-12-16)21-11-20(19(25)10-17(21)23(18)31)28-15-6-4-3-5-7-15/h10-11,14-16,26,28H,2-9,12-13H2,1H3,(H,27,32). The fraction of sp³-hybridized carbons (Fsp3) is 0.542. The lowest BCUT2D eigenvalue weighted by Gasteiger charge is -2.25. The number of amides is 1. The van der Waals surface area contributed by atoms with Crippen LogP contribution in [0.2, 0.25) is 0 Å². The van der Waals surface area contributed by atoms with Gasteiger partial charge in [0.15, 0.2) is 0 Å². The quantitative estimate of drug-likeness (QED) is 0.552. The molecule has 2 aromatic rings. The maximum absolute atomic E-state index is 15.1. The van der Waals surface area contributed by atoms with Gasteiger partial charge in [0.1, 0.15) is 17.9 Å². The molecule has 1 aromatic heterocycles. The Labute approximate surface area is 191 Å².